The molecule has 0 heterocycles. The summed E-state index contributed by atoms with van der Waals surface area (Å²) < 4.78 is 19.1. The molecule has 1 aromatic rings. The minimum absolute atomic E-state index is 0.0311. The highest BCUT2D eigenvalue weighted by Crippen LogP contribution is 2.21. The first kappa shape index (κ1) is 20.9. The Hall–Kier alpha value is -1.14. The maximum absolute atomic E-state index is 13.3. The smallest absolute Gasteiger partial charge is 0.407 e. The number of amides is 1. The lowest BCUT2D eigenvalue weighted by atomic mass is 10.0. The van der Waals surface area contributed by atoms with E-state index in [9.17, 15) is 9.18 Å². The minimum Gasteiger partial charge on any atom is -0.444 e. The molecule has 0 fully saturated rings. The molecule has 1 rings (SSSR count). The lowest BCUT2D eigenvalue weighted by Crippen LogP contribution is -2.47. The summed E-state index contributed by atoms with van der Waals surface area (Å²) in [4.78, 5) is 12.0. The van der Waals surface area contributed by atoms with Crippen LogP contribution in [0.15, 0.2) is 22.7 Å². The number of hydrogen-bond donors (Lipinski definition) is 2. The molecule has 0 saturated heterocycles. The number of alkyl carbamates (subject to hydrolysis) is 1. The molecule has 4 nitrogen and oxygen atoms in total. The Morgan fingerprint density at radius 3 is 2.42 bits per heavy atom. The Morgan fingerprint density at radius 1 is 1.29 bits per heavy atom. The Kier molecular flexibility index (Phi) is 7.67. The number of rotatable bonds is 6. The molecule has 0 aliphatic heterocycles. The topological polar surface area (TPSA) is 50.4 Å². The maximum atomic E-state index is 13.3. The number of carbonyl (C=O) groups excluding carboxylic acids is 1. The van der Waals surface area contributed by atoms with E-state index in [1.54, 1.807) is 12.1 Å². The van der Waals surface area contributed by atoms with Crippen molar-refractivity contribution in [2.24, 2.45) is 5.92 Å². The van der Waals surface area contributed by atoms with Crippen LogP contribution in [-0.4, -0.2) is 24.3 Å². The van der Waals surface area contributed by atoms with E-state index < -0.39 is 11.7 Å². The van der Waals surface area contributed by atoms with E-state index in [0.717, 1.165) is 5.56 Å². The van der Waals surface area contributed by atoms with Crippen LogP contribution in [0.5, 0.6) is 0 Å². The zero-order valence-corrected chi connectivity index (χ0v) is 16.8. The van der Waals surface area contributed by atoms with Gasteiger partial charge in [-0.15, -0.1) is 0 Å². The molecule has 2 unspecified atom stereocenters. The highest BCUT2D eigenvalue weighted by atomic mass is 79.9. The largest absolute Gasteiger partial charge is 0.444 e. The van der Waals surface area contributed by atoms with Gasteiger partial charge in [-0.1, -0.05) is 19.9 Å². The summed E-state index contributed by atoms with van der Waals surface area (Å²) in [6.07, 6.45) is -0.417. The van der Waals surface area contributed by atoms with Gasteiger partial charge in [0.05, 0.1) is 4.47 Å². The lowest BCUT2D eigenvalue weighted by molar-refractivity contribution is 0.0489. The highest BCUT2D eigenvalue weighted by Gasteiger charge is 2.22. The molecule has 1 amide bonds. The molecule has 0 aliphatic carbocycles. The van der Waals surface area contributed by atoms with Gasteiger partial charge in [0, 0.05) is 18.6 Å². The van der Waals surface area contributed by atoms with E-state index in [1.807, 2.05) is 41.5 Å². The zero-order chi connectivity index (χ0) is 18.5. The number of hydrogen-bond acceptors (Lipinski definition) is 3. The molecule has 2 atom stereocenters. The van der Waals surface area contributed by atoms with E-state index in [0.29, 0.717) is 11.0 Å². The molecule has 6 heteroatoms. The van der Waals surface area contributed by atoms with Gasteiger partial charge in [-0.25, -0.2) is 9.18 Å². The van der Waals surface area contributed by atoms with Crippen molar-refractivity contribution in [1.82, 2.24) is 10.6 Å². The standard InChI is InChI=1S/C18H28BrFN2O2/c1-11(2)16(22-17(23)24-18(4,5)6)10-21-12(3)13-7-8-15(20)14(19)9-13/h7-9,11-12,16,21H,10H2,1-6H3,(H,22,23). The van der Waals surface area contributed by atoms with Crippen molar-refractivity contribution < 1.29 is 13.9 Å². The third kappa shape index (κ3) is 7.18. The van der Waals surface area contributed by atoms with Gasteiger partial charge in [0.25, 0.3) is 0 Å². The predicted octanol–water partition coefficient (Wildman–Crippen LogP) is 4.79. The minimum atomic E-state index is -0.521. The summed E-state index contributed by atoms with van der Waals surface area (Å²) in [5.74, 6) is -0.0326. The molecule has 0 radical (unpaired) electrons. The van der Waals surface area contributed by atoms with E-state index in [4.69, 9.17) is 4.74 Å². The van der Waals surface area contributed by atoms with Crippen LogP contribution in [0.4, 0.5) is 9.18 Å². The SMILES string of the molecule is CC(NCC(NC(=O)OC(C)(C)C)C(C)C)c1ccc(F)c(Br)c1. The van der Waals surface area contributed by atoms with Crippen molar-refractivity contribution in [3.63, 3.8) is 0 Å². The summed E-state index contributed by atoms with van der Waals surface area (Å²) in [6.45, 7) is 12.2. The maximum Gasteiger partial charge on any atom is 0.407 e. The first-order valence-electron chi connectivity index (χ1n) is 8.17. The summed E-state index contributed by atoms with van der Waals surface area (Å²) in [5.41, 5.74) is 0.454. The van der Waals surface area contributed by atoms with E-state index in [-0.39, 0.29) is 23.8 Å². The van der Waals surface area contributed by atoms with Crippen molar-refractivity contribution >= 4 is 22.0 Å². The molecule has 24 heavy (non-hydrogen) atoms. The van der Waals surface area contributed by atoms with Gasteiger partial charge in [-0.3, -0.25) is 0 Å². The van der Waals surface area contributed by atoms with Gasteiger partial charge in [0.2, 0.25) is 0 Å². The fourth-order valence-corrected chi connectivity index (χ4v) is 2.51. The quantitative estimate of drug-likeness (QED) is 0.718. The first-order valence-corrected chi connectivity index (χ1v) is 8.96. The van der Waals surface area contributed by atoms with Gasteiger partial charge in [0.1, 0.15) is 11.4 Å². The second kappa shape index (κ2) is 8.81. The second-order valence-electron chi connectivity index (χ2n) is 7.30. The number of halogens is 2. The molecule has 136 valence electrons. The monoisotopic (exact) mass is 402 g/mol. The molecule has 0 spiro atoms. The normalized spacial score (nSPS) is 14.4. The summed E-state index contributed by atoms with van der Waals surface area (Å²) in [7, 11) is 0. The Balaban J connectivity index is 2.62. The zero-order valence-electron chi connectivity index (χ0n) is 15.2. The van der Waals surface area contributed by atoms with E-state index >= 15 is 0 Å². The van der Waals surface area contributed by atoms with Crippen molar-refractivity contribution in [3.8, 4) is 0 Å². The summed E-state index contributed by atoms with van der Waals surface area (Å²) in [5, 5.41) is 6.29. The molecule has 0 aliphatic rings. The second-order valence-corrected chi connectivity index (χ2v) is 8.15. The van der Waals surface area contributed by atoms with Crippen LogP contribution in [0.3, 0.4) is 0 Å². The van der Waals surface area contributed by atoms with Gasteiger partial charge in [0.15, 0.2) is 0 Å². The van der Waals surface area contributed by atoms with Crippen molar-refractivity contribution in [2.45, 2.75) is 59.2 Å². The van der Waals surface area contributed by atoms with Crippen molar-refractivity contribution in [2.75, 3.05) is 6.54 Å². The van der Waals surface area contributed by atoms with E-state index in [2.05, 4.69) is 26.6 Å². The van der Waals surface area contributed by atoms with Crippen LogP contribution in [0.1, 0.15) is 53.1 Å². The first-order chi connectivity index (χ1) is 11.0. The van der Waals surface area contributed by atoms with Gasteiger partial charge < -0.3 is 15.4 Å². The average molecular weight is 403 g/mol. The molecular formula is C18H28BrFN2O2. The van der Waals surface area contributed by atoms with Crippen molar-refractivity contribution in [1.29, 1.82) is 0 Å². The fraction of sp³-hybridized carbons (Fsp3) is 0.611. The van der Waals surface area contributed by atoms with Crippen LogP contribution >= 0.6 is 15.9 Å². The number of benzene rings is 1. The van der Waals surface area contributed by atoms with Crippen molar-refractivity contribution in [3.05, 3.63) is 34.1 Å². The molecule has 0 aromatic heterocycles. The van der Waals surface area contributed by atoms with E-state index in [1.165, 1.54) is 6.07 Å². The molecule has 1 aromatic carbocycles. The Bertz CT molecular complexity index is 558. The fourth-order valence-electron chi connectivity index (χ4n) is 2.12. The number of nitrogens with one attached hydrogen (secondary N) is 2. The van der Waals surface area contributed by atoms with Crippen LogP contribution in [0.2, 0.25) is 0 Å². The summed E-state index contributed by atoms with van der Waals surface area (Å²) in [6, 6.07) is 4.92. The Morgan fingerprint density at radius 2 is 1.92 bits per heavy atom. The van der Waals surface area contributed by atoms with Crippen LogP contribution < -0.4 is 10.6 Å². The number of ether oxygens (including phenoxy) is 1. The number of carbonyl (C=O) groups is 1. The molecule has 0 saturated carbocycles. The molecule has 2 N–H and O–H groups in total. The van der Waals surface area contributed by atoms with Crippen LogP contribution in [0, 0.1) is 11.7 Å². The van der Waals surface area contributed by atoms with Gasteiger partial charge in [-0.2, -0.15) is 0 Å². The van der Waals surface area contributed by atoms with Gasteiger partial charge in [-0.05, 0) is 67.2 Å². The predicted molar refractivity (Wildman–Crippen MR) is 98.5 cm³/mol. The Labute approximate surface area is 152 Å². The average Bonchev–Trinajstić information content (AvgIpc) is 2.43. The third-order valence-electron chi connectivity index (χ3n) is 3.59. The highest BCUT2D eigenvalue weighted by molar-refractivity contribution is 9.10. The molecule has 0 bridgehead atoms. The van der Waals surface area contributed by atoms with Gasteiger partial charge >= 0.3 is 6.09 Å². The third-order valence-corrected chi connectivity index (χ3v) is 4.20. The van der Waals surface area contributed by atoms with Crippen LogP contribution in [-0.2, 0) is 4.74 Å². The summed E-state index contributed by atoms with van der Waals surface area (Å²) >= 11 is 3.20. The molecular weight excluding hydrogens is 375 g/mol. The lowest BCUT2D eigenvalue weighted by Gasteiger charge is -2.27. The van der Waals surface area contributed by atoms with Crippen LogP contribution in [0.25, 0.3) is 0 Å².